The minimum atomic E-state index is -0.700. The zero-order valence-corrected chi connectivity index (χ0v) is 13.1. The molecular weight excluding hydrogens is 252 g/mol. The number of benzene rings is 1. The van der Waals surface area contributed by atoms with Gasteiger partial charge in [-0.15, -0.1) is 0 Å². The fraction of sp³-hybridized carbons (Fsp3) is 0.625. The summed E-state index contributed by atoms with van der Waals surface area (Å²) in [5, 5.41) is 13.6. The molecule has 0 amide bonds. The Kier molecular flexibility index (Phi) is 6.99. The summed E-state index contributed by atoms with van der Waals surface area (Å²) in [6.07, 6.45) is 0.959. The molecule has 1 aromatic rings. The first-order chi connectivity index (χ1) is 9.51. The van der Waals surface area contributed by atoms with Crippen LogP contribution in [0.15, 0.2) is 12.1 Å². The van der Waals surface area contributed by atoms with E-state index in [0.717, 1.165) is 41.8 Å². The van der Waals surface area contributed by atoms with Crippen molar-refractivity contribution in [3.8, 4) is 5.75 Å². The van der Waals surface area contributed by atoms with Gasteiger partial charge in [0.05, 0.1) is 12.7 Å². The second kappa shape index (κ2) is 8.25. The van der Waals surface area contributed by atoms with Crippen molar-refractivity contribution in [2.75, 3.05) is 20.2 Å². The number of aliphatic hydroxyl groups excluding tert-OH is 1. The molecule has 0 radical (unpaired) electrons. The molecule has 0 saturated heterocycles. The van der Waals surface area contributed by atoms with E-state index in [1.54, 1.807) is 0 Å². The Morgan fingerprint density at radius 2 is 2.05 bits per heavy atom. The molecule has 0 fully saturated rings. The molecule has 4 nitrogen and oxygen atoms in total. The highest BCUT2D eigenvalue weighted by atomic mass is 16.5. The van der Waals surface area contributed by atoms with E-state index in [-0.39, 0.29) is 6.04 Å². The Hall–Kier alpha value is -1.10. The summed E-state index contributed by atoms with van der Waals surface area (Å²) in [7, 11) is 1.88. The minimum Gasteiger partial charge on any atom is -0.493 e. The summed E-state index contributed by atoms with van der Waals surface area (Å²) in [5.74, 6) is 0.782. The van der Waals surface area contributed by atoms with Crippen LogP contribution in [0.4, 0.5) is 0 Å². The molecule has 0 aromatic heterocycles. The second-order valence-corrected chi connectivity index (χ2v) is 5.35. The fourth-order valence-electron chi connectivity index (χ4n) is 2.31. The molecule has 114 valence electrons. The van der Waals surface area contributed by atoms with Crippen LogP contribution in [0.2, 0.25) is 0 Å². The van der Waals surface area contributed by atoms with Crippen LogP contribution < -0.4 is 15.8 Å². The van der Waals surface area contributed by atoms with Crippen LogP contribution in [0, 0.1) is 13.8 Å². The first-order valence-corrected chi connectivity index (χ1v) is 7.33. The van der Waals surface area contributed by atoms with E-state index in [2.05, 4.69) is 18.3 Å². The highest BCUT2D eigenvalue weighted by molar-refractivity contribution is 5.45. The lowest BCUT2D eigenvalue weighted by Crippen LogP contribution is -2.32. The molecule has 4 heteroatoms. The molecule has 0 saturated carbocycles. The third kappa shape index (κ3) is 4.47. The third-order valence-corrected chi connectivity index (χ3v) is 3.35. The van der Waals surface area contributed by atoms with Gasteiger partial charge in [0, 0.05) is 11.6 Å². The summed E-state index contributed by atoms with van der Waals surface area (Å²) in [4.78, 5) is 0. The van der Waals surface area contributed by atoms with Gasteiger partial charge in [0.25, 0.3) is 0 Å². The molecule has 1 rings (SSSR count). The Morgan fingerprint density at radius 1 is 1.35 bits per heavy atom. The number of nitrogens with one attached hydrogen (secondary N) is 1. The minimum absolute atomic E-state index is 0.298. The van der Waals surface area contributed by atoms with Crippen LogP contribution in [-0.2, 0) is 0 Å². The molecule has 2 atom stereocenters. The van der Waals surface area contributed by atoms with Gasteiger partial charge < -0.3 is 20.9 Å². The van der Waals surface area contributed by atoms with Crippen LogP contribution in [0.1, 0.15) is 42.6 Å². The number of rotatable bonds is 8. The van der Waals surface area contributed by atoms with Crippen LogP contribution in [0.25, 0.3) is 0 Å². The van der Waals surface area contributed by atoms with Gasteiger partial charge in [-0.2, -0.15) is 0 Å². The Bertz CT molecular complexity index is 421. The number of nitrogens with two attached hydrogens (primary N) is 1. The molecule has 0 bridgehead atoms. The predicted molar refractivity (Wildman–Crippen MR) is 83.2 cm³/mol. The first-order valence-electron chi connectivity index (χ1n) is 7.33. The van der Waals surface area contributed by atoms with Crippen molar-refractivity contribution in [2.45, 2.75) is 45.8 Å². The van der Waals surface area contributed by atoms with Crippen molar-refractivity contribution in [3.05, 3.63) is 28.8 Å². The van der Waals surface area contributed by atoms with E-state index in [4.69, 9.17) is 10.5 Å². The molecule has 1 aromatic carbocycles. The van der Waals surface area contributed by atoms with Crippen LogP contribution in [-0.4, -0.2) is 31.3 Å². The average Bonchev–Trinajstić information content (AvgIpc) is 2.42. The SMILES string of the molecule is CCCOc1c(C)cc(C)cc1C(O)C(N)CCNC. The maximum Gasteiger partial charge on any atom is 0.128 e. The van der Waals surface area contributed by atoms with Crippen molar-refractivity contribution in [2.24, 2.45) is 5.73 Å². The number of hydrogen-bond acceptors (Lipinski definition) is 4. The standard InChI is InChI=1S/C16H28N2O2/c1-5-8-20-16-12(3)9-11(2)10-13(16)15(19)14(17)6-7-18-4/h9-10,14-15,18-19H,5-8,17H2,1-4H3. The fourth-order valence-corrected chi connectivity index (χ4v) is 2.31. The van der Waals surface area contributed by atoms with Crippen molar-refractivity contribution in [1.82, 2.24) is 5.32 Å². The summed E-state index contributed by atoms with van der Waals surface area (Å²) < 4.78 is 5.82. The lowest BCUT2D eigenvalue weighted by molar-refractivity contribution is 0.137. The summed E-state index contributed by atoms with van der Waals surface area (Å²) in [6.45, 7) is 7.53. The summed E-state index contributed by atoms with van der Waals surface area (Å²) >= 11 is 0. The Labute approximate surface area is 122 Å². The average molecular weight is 280 g/mol. The van der Waals surface area contributed by atoms with E-state index >= 15 is 0 Å². The largest absolute Gasteiger partial charge is 0.493 e. The molecule has 2 unspecified atom stereocenters. The highest BCUT2D eigenvalue weighted by Gasteiger charge is 2.22. The third-order valence-electron chi connectivity index (χ3n) is 3.35. The summed E-state index contributed by atoms with van der Waals surface area (Å²) in [5.41, 5.74) is 9.05. The van der Waals surface area contributed by atoms with Crippen LogP contribution in [0.3, 0.4) is 0 Å². The van der Waals surface area contributed by atoms with Gasteiger partial charge in [0.2, 0.25) is 0 Å². The summed E-state index contributed by atoms with van der Waals surface area (Å²) in [6, 6.07) is 3.75. The molecule has 0 heterocycles. The van der Waals surface area contributed by atoms with Crippen LogP contribution >= 0.6 is 0 Å². The lowest BCUT2D eigenvalue weighted by Gasteiger charge is -2.23. The second-order valence-electron chi connectivity index (χ2n) is 5.35. The van der Waals surface area contributed by atoms with Gasteiger partial charge in [0.1, 0.15) is 5.75 Å². The maximum absolute atomic E-state index is 10.5. The number of aliphatic hydroxyl groups is 1. The lowest BCUT2D eigenvalue weighted by atomic mass is 9.95. The zero-order chi connectivity index (χ0) is 15.1. The molecular formula is C16H28N2O2. The monoisotopic (exact) mass is 280 g/mol. The number of aryl methyl sites for hydroxylation is 2. The molecule has 0 spiro atoms. The smallest absolute Gasteiger partial charge is 0.128 e. The van der Waals surface area contributed by atoms with Crippen molar-refractivity contribution in [3.63, 3.8) is 0 Å². The molecule has 20 heavy (non-hydrogen) atoms. The van der Waals surface area contributed by atoms with Gasteiger partial charge in [-0.1, -0.05) is 18.6 Å². The van der Waals surface area contributed by atoms with E-state index < -0.39 is 6.10 Å². The van der Waals surface area contributed by atoms with Gasteiger partial charge in [0.15, 0.2) is 0 Å². The number of ether oxygens (including phenoxy) is 1. The van der Waals surface area contributed by atoms with Gasteiger partial charge >= 0.3 is 0 Å². The van der Waals surface area contributed by atoms with Gasteiger partial charge in [-0.3, -0.25) is 0 Å². The van der Waals surface area contributed by atoms with Crippen molar-refractivity contribution < 1.29 is 9.84 Å². The zero-order valence-electron chi connectivity index (χ0n) is 13.1. The van der Waals surface area contributed by atoms with E-state index in [9.17, 15) is 5.11 Å². The molecule has 0 aliphatic carbocycles. The van der Waals surface area contributed by atoms with E-state index in [1.807, 2.05) is 27.0 Å². The van der Waals surface area contributed by atoms with E-state index in [1.165, 1.54) is 0 Å². The molecule has 4 N–H and O–H groups in total. The van der Waals surface area contributed by atoms with Crippen molar-refractivity contribution >= 4 is 0 Å². The highest BCUT2D eigenvalue weighted by Crippen LogP contribution is 2.32. The van der Waals surface area contributed by atoms with E-state index in [0.29, 0.717) is 6.61 Å². The van der Waals surface area contributed by atoms with Gasteiger partial charge in [-0.05, 0) is 51.9 Å². The maximum atomic E-state index is 10.5. The van der Waals surface area contributed by atoms with Crippen molar-refractivity contribution in [1.29, 1.82) is 0 Å². The molecule has 0 aliphatic heterocycles. The normalized spacial score (nSPS) is 14.1. The van der Waals surface area contributed by atoms with Gasteiger partial charge in [-0.25, -0.2) is 0 Å². The Balaban J connectivity index is 3.00. The quantitative estimate of drug-likeness (QED) is 0.682. The van der Waals surface area contributed by atoms with Crippen LogP contribution in [0.5, 0.6) is 5.75 Å². The molecule has 0 aliphatic rings. The predicted octanol–water partition coefficient (Wildman–Crippen LogP) is 2.06. The number of hydrogen-bond donors (Lipinski definition) is 3. The first kappa shape index (κ1) is 17.0. The topological polar surface area (TPSA) is 67.5 Å². The Morgan fingerprint density at radius 3 is 2.65 bits per heavy atom.